The first kappa shape index (κ1) is 10.9. The van der Waals surface area contributed by atoms with Gasteiger partial charge in [-0.2, -0.15) is 5.10 Å². The van der Waals surface area contributed by atoms with E-state index in [1.807, 2.05) is 12.1 Å². The van der Waals surface area contributed by atoms with Gasteiger partial charge >= 0.3 is 5.69 Å². The average molecular weight is 283 g/mol. The zero-order valence-electron chi connectivity index (χ0n) is 8.72. The third-order valence-electron chi connectivity index (χ3n) is 2.32. The van der Waals surface area contributed by atoms with Gasteiger partial charge < -0.3 is 5.73 Å². The molecular weight excluding hydrogens is 272 g/mol. The lowest BCUT2D eigenvalue weighted by molar-refractivity contribution is 0.645. The summed E-state index contributed by atoms with van der Waals surface area (Å²) in [4.78, 5) is 11.6. The minimum Gasteiger partial charge on any atom is -0.398 e. The van der Waals surface area contributed by atoms with Crippen molar-refractivity contribution < 1.29 is 0 Å². The van der Waals surface area contributed by atoms with E-state index in [-0.39, 0.29) is 5.69 Å². The first-order valence-electron chi connectivity index (χ1n) is 4.71. The van der Waals surface area contributed by atoms with Crippen LogP contribution in [0.15, 0.2) is 33.8 Å². The number of aromatic nitrogens is 3. The number of nitrogens with zero attached hydrogens (tertiary/aromatic N) is 3. The van der Waals surface area contributed by atoms with E-state index in [1.54, 1.807) is 13.1 Å². The number of nitrogens with two attached hydrogens (primary N) is 1. The minimum absolute atomic E-state index is 0.144. The molecule has 2 N–H and O–H groups in total. The van der Waals surface area contributed by atoms with Crippen molar-refractivity contribution in [2.24, 2.45) is 7.05 Å². The van der Waals surface area contributed by atoms with E-state index in [2.05, 4.69) is 21.0 Å². The molecule has 0 radical (unpaired) electrons. The van der Waals surface area contributed by atoms with E-state index >= 15 is 0 Å². The van der Waals surface area contributed by atoms with Gasteiger partial charge in [-0.1, -0.05) is 12.1 Å². The van der Waals surface area contributed by atoms with Gasteiger partial charge in [-0.25, -0.2) is 9.48 Å². The molecule has 1 aromatic heterocycles. The summed E-state index contributed by atoms with van der Waals surface area (Å²) in [6.07, 6.45) is 1.49. The maximum absolute atomic E-state index is 11.6. The number of anilines is 1. The van der Waals surface area contributed by atoms with E-state index in [9.17, 15) is 4.79 Å². The fraction of sp³-hybridized carbons (Fsp3) is 0.200. The van der Waals surface area contributed by atoms with E-state index < -0.39 is 0 Å². The maximum atomic E-state index is 11.6. The largest absolute Gasteiger partial charge is 0.398 e. The Hall–Kier alpha value is -1.56. The van der Waals surface area contributed by atoms with Crippen LogP contribution >= 0.6 is 15.9 Å². The van der Waals surface area contributed by atoms with Gasteiger partial charge in [-0.15, -0.1) is 0 Å². The lowest BCUT2D eigenvalue weighted by atomic mass is 10.2. The summed E-state index contributed by atoms with van der Waals surface area (Å²) in [5, 5.41) is 3.99. The van der Waals surface area contributed by atoms with Crippen LogP contribution in [0, 0.1) is 0 Å². The number of halogens is 1. The zero-order valence-corrected chi connectivity index (χ0v) is 10.3. The van der Waals surface area contributed by atoms with E-state index in [4.69, 9.17) is 5.73 Å². The van der Waals surface area contributed by atoms with E-state index in [0.29, 0.717) is 12.2 Å². The Bertz CT molecular complexity index is 572. The van der Waals surface area contributed by atoms with Gasteiger partial charge in [0.05, 0.1) is 6.54 Å². The molecule has 0 unspecified atom stereocenters. The molecule has 6 heteroatoms. The van der Waals surface area contributed by atoms with Crippen LogP contribution in [0.1, 0.15) is 5.56 Å². The van der Waals surface area contributed by atoms with Crippen LogP contribution in [-0.4, -0.2) is 14.3 Å². The highest BCUT2D eigenvalue weighted by Gasteiger charge is 2.07. The number of benzene rings is 1. The molecule has 84 valence electrons. The molecule has 2 rings (SSSR count). The Morgan fingerprint density at radius 1 is 1.50 bits per heavy atom. The highest BCUT2D eigenvalue weighted by Crippen LogP contribution is 2.23. The average Bonchev–Trinajstić information content (AvgIpc) is 2.57. The monoisotopic (exact) mass is 282 g/mol. The van der Waals surface area contributed by atoms with Gasteiger partial charge in [0, 0.05) is 17.2 Å². The van der Waals surface area contributed by atoms with Crippen molar-refractivity contribution in [3.05, 3.63) is 45.0 Å². The molecule has 0 atom stereocenters. The number of aryl methyl sites for hydroxylation is 1. The quantitative estimate of drug-likeness (QED) is 0.835. The van der Waals surface area contributed by atoms with Crippen molar-refractivity contribution in [3.8, 4) is 0 Å². The van der Waals surface area contributed by atoms with Crippen LogP contribution < -0.4 is 11.4 Å². The molecule has 2 aromatic rings. The van der Waals surface area contributed by atoms with Gasteiger partial charge in [0.25, 0.3) is 0 Å². The smallest absolute Gasteiger partial charge is 0.345 e. The second-order valence-corrected chi connectivity index (χ2v) is 4.30. The topological polar surface area (TPSA) is 65.8 Å². The lowest BCUT2D eigenvalue weighted by Crippen LogP contribution is -2.23. The first-order chi connectivity index (χ1) is 7.59. The van der Waals surface area contributed by atoms with Crippen LogP contribution in [0.25, 0.3) is 0 Å². The molecule has 1 heterocycles. The normalized spacial score (nSPS) is 10.6. The molecule has 0 amide bonds. The fourth-order valence-corrected chi connectivity index (χ4v) is 1.80. The van der Waals surface area contributed by atoms with Crippen LogP contribution in [0.4, 0.5) is 5.69 Å². The SMILES string of the molecule is Cn1cnn(Cc2cccc(N)c2Br)c1=O. The Morgan fingerprint density at radius 3 is 2.88 bits per heavy atom. The first-order valence-corrected chi connectivity index (χ1v) is 5.50. The summed E-state index contributed by atoms with van der Waals surface area (Å²) in [6.45, 7) is 0.408. The molecule has 16 heavy (non-hydrogen) atoms. The Kier molecular flexibility index (Phi) is 2.82. The molecule has 0 spiro atoms. The predicted octanol–water partition coefficient (Wildman–Crippen LogP) is 0.975. The molecule has 5 nitrogen and oxygen atoms in total. The van der Waals surface area contributed by atoms with Crippen LogP contribution in [0.3, 0.4) is 0 Å². The third kappa shape index (κ3) is 1.88. The predicted molar refractivity (Wildman–Crippen MR) is 65.1 cm³/mol. The van der Waals surface area contributed by atoms with E-state index in [0.717, 1.165) is 10.0 Å². The summed E-state index contributed by atoms with van der Waals surface area (Å²) >= 11 is 3.39. The van der Waals surface area contributed by atoms with Crippen molar-refractivity contribution in [3.63, 3.8) is 0 Å². The second kappa shape index (κ2) is 4.13. The van der Waals surface area contributed by atoms with Gasteiger partial charge in [-0.3, -0.25) is 4.57 Å². The second-order valence-electron chi connectivity index (χ2n) is 3.50. The highest BCUT2D eigenvalue weighted by atomic mass is 79.9. The van der Waals surface area contributed by atoms with Crippen LogP contribution in [0.2, 0.25) is 0 Å². The van der Waals surface area contributed by atoms with Gasteiger partial charge in [0.15, 0.2) is 0 Å². The summed E-state index contributed by atoms with van der Waals surface area (Å²) in [6, 6.07) is 5.56. The van der Waals surface area contributed by atoms with Crippen molar-refractivity contribution >= 4 is 21.6 Å². The Labute approximate surface area is 101 Å². The fourth-order valence-electron chi connectivity index (χ4n) is 1.41. The zero-order chi connectivity index (χ0) is 11.7. The molecular formula is C10H11BrN4O. The third-order valence-corrected chi connectivity index (χ3v) is 3.28. The summed E-state index contributed by atoms with van der Waals surface area (Å²) < 4.78 is 3.63. The summed E-state index contributed by atoms with van der Waals surface area (Å²) in [7, 11) is 1.67. The Balaban J connectivity index is 2.38. The number of hydrogen-bond acceptors (Lipinski definition) is 3. The van der Waals surface area contributed by atoms with Crippen molar-refractivity contribution in [1.82, 2.24) is 14.3 Å². The van der Waals surface area contributed by atoms with Gasteiger partial charge in [-0.05, 0) is 27.6 Å². The van der Waals surface area contributed by atoms with Crippen molar-refractivity contribution in [2.45, 2.75) is 6.54 Å². The molecule has 1 aromatic carbocycles. The Morgan fingerprint density at radius 2 is 2.25 bits per heavy atom. The molecule has 0 aliphatic carbocycles. The summed E-state index contributed by atoms with van der Waals surface area (Å²) in [5.41, 5.74) is 7.20. The molecule has 0 bridgehead atoms. The van der Waals surface area contributed by atoms with Gasteiger partial charge in [0.1, 0.15) is 6.33 Å². The van der Waals surface area contributed by atoms with E-state index in [1.165, 1.54) is 15.6 Å². The highest BCUT2D eigenvalue weighted by molar-refractivity contribution is 9.10. The number of nitrogen functional groups attached to an aromatic ring is 1. The molecule has 0 saturated heterocycles. The maximum Gasteiger partial charge on any atom is 0.345 e. The molecule has 0 fully saturated rings. The number of hydrogen-bond donors (Lipinski definition) is 1. The van der Waals surface area contributed by atoms with Crippen LogP contribution in [0.5, 0.6) is 0 Å². The molecule has 0 aliphatic heterocycles. The van der Waals surface area contributed by atoms with Crippen molar-refractivity contribution in [2.75, 3.05) is 5.73 Å². The van der Waals surface area contributed by atoms with Crippen molar-refractivity contribution in [1.29, 1.82) is 0 Å². The minimum atomic E-state index is -0.144. The standard InChI is InChI=1S/C10H11BrN4O/c1-14-6-13-15(10(14)16)5-7-3-2-4-8(12)9(7)11/h2-4,6H,5,12H2,1H3. The molecule has 0 saturated carbocycles. The summed E-state index contributed by atoms with van der Waals surface area (Å²) in [5.74, 6) is 0. The molecule has 0 aliphatic rings. The number of rotatable bonds is 2. The lowest BCUT2D eigenvalue weighted by Gasteiger charge is -2.05. The van der Waals surface area contributed by atoms with Crippen LogP contribution in [-0.2, 0) is 13.6 Å². The van der Waals surface area contributed by atoms with Gasteiger partial charge in [0.2, 0.25) is 0 Å².